The van der Waals surface area contributed by atoms with Gasteiger partial charge < -0.3 is 19.3 Å². The summed E-state index contributed by atoms with van der Waals surface area (Å²) < 4.78 is 16.1. The Hall–Kier alpha value is -2.73. The number of methoxy groups -OCH3 is 3. The molecule has 175 valence electrons. The topological polar surface area (TPSA) is 51.2 Å². The fourth-order valence-electron chi connectivity index (χ4n) is 3.72. The van der Waals surface area contributed by atoms with Crippen molar-refractivity contribution in [3.63, 3.8) is 0 Å². The summed E-state index contributed by atoms with van der Waals surface area (Å²) in [5.74, 6) is 2.25. The highest BCUT2D eigenvalue weighted by molar-refractivity contribution is 6.30. The van der Waals surface area contributed by atoms with Crippen LogP contribution in [0, 0.1) is 6.42 Å². The van der Waals surface area contributed by atoms with Crippen molar-refractivity contribution >= 4 is 11.6 Å². The van der Waals surface area contributed by atoms with Crippen LogP contribution in [-0.2, 0) is 13.0 Å². The number of hydrogen-bond donors (Lipinski definition) is 1. The fraction of sp³-hybridized carbons (Fsp3) is 0.296. The van der Waals surface area contributed by atoms with Gasteiger partial charge in [0.15, 0.2) is 11.5 Å². The van der Waals surface area contributed by atoms with Crippen LogP contribution in [0.5, 0.6) is 17.2 Å². The number of halogens is 1. The molecule has 0 aliphatic rings. The first kappa shape index (κ1) is 24.9. The van der Waals surface area contributed by atoms with Crippen LogP contribution in [0.15, 0.2) is 66.7 Å². The van der Waals surface area contributed by atoms with Crippen molar-refractivity contribution in [1.29, 1.82) is 0 Å². The molecule has 0 bridgehead atoms. The summed E-state index contributed by atoms with van der Waals surface area (Å²) in [5, 5.41) is 11.5. The summed E-state index contributed by atoms with van der Waals surface area (Å²) in [6, 6.07) is 21.3. The van der Waals surface area contributed by atoms with Crippen molar-refractivity contribution in [2.75, 3.05) is 34.4 Å². The van der Waals surface area contributed by atoms with Crippen LogP contribution >= 0.6 is 11.6 Å². The smallest absolute Gasteiger partial charge is 0.160 e. The van der Waals surface area contributed by atoms with E-state index in [4.69, 9.17) is 25.8 Å². The lowest BCUT2D eigenvalue weighted by Crippen LogP contribution is -2.30. The van der Waals surface area contributed by atoms with Crippen LogP contribution < -0.4 is 14.2 Å². The second-order valence-corrected chi connectivity index (χ2v) is 8.23. The molecular weight excluding hydrogens is 438 g/mol. The molecule has 5 nitrogen and oxygen atoms in total. The molecule has 0 saturated heterocycles. The molecule has 1 radical (unpaired) electrons. The molecule has 1 atom stereocenters. The first-order chi connectivity index (χ1) is 16.0. The van der Waals surface area contributed by atoms with Crippen molar-refractivity contribution < 1.29 is 19.3 Å². The lowest BCUT2D eigenvalue weighted by molar-refractivity contribution is 0.113. The maximum absolute atomic E-state index is 10.9. The van der Waals surface area contributed by atoms with Gasteiger partial charge in [0.2, 0.25) is 0 Å². The summed E-state index contributed by atoms with van der Waals surface area (Å²) in [6.45, 7) is 1.85. The van der Waals surface area contributed by atoms with E-state index in [1.165, 1.54) is 0 Å². The third-order valence-corrected chi connectivity index (χ3v) is 5.66. The predicted octanol–water partition coefficient (Wildman–Crippen LogP) is 5.35. The highest BCUT2D eigenvalue weighted by Crippen LogP contribution is 2.28. The highest BCUT2D eigenvalue weighted by atomic mass is 35.5. The molecule has 1 N–H and O–H groups in total. The van der Waals surface area contributed by atoms with Crippen LogP contribution in [0.3, 0.4) is 0 Å². The summed E-state index contributed by atoms with van der Waals surface area (Å²) in [7, 11) is 4.93. The minimum absolute atomic E-state index is 0.472. The molecule has 1 unspecified atom stereocenters. The summed E-state index contributed by atoms with van der Waals surface area (Å²) in [5.41, 5.74) is 3.05. The molecule has 0 heterocycles. The van der Waals surface area contributed by atoms with Crippen molar-refractivity contribution in [3.8, 4) is 17.2 Å². The lowest BCUT2D eigenvalue weighted by atomic mass is 10.1. The molecule has 33 heavy (non-hydrogen) atoms. The Morgan fingerprint density at radius 2 is 1.67 bits per heavy atom. The van der Waals surface area contributed by atoms with Gasteiger partial charge in [-0.1, -0.05) is 41.9 Å². The van der Waals surface area contributed by atoms with E-state index >= 15 is 0 Å². The molecular formula is C27H31ClNO4. The quantitative estimate of drug-likeness (QED) is 0.388. The normalized spacial score (nSPS) is 11.9. The standard InChI is InChI=1S/C27H31ClNO4/c1-31-24-11-4-7-21(15-24)18-29(19-25(30)22-9-5-10-23(28)17-22)14-6-8-20-12-13-26(32-2)27(16-20)33-3/h4-7,9-13,15-17,25,30H,8,14,18-19H2,1-3H3. The highest BCUT2D eigenvalue weighted by Gasteiger charge is 2.15. The van der Waals surface area contributed by atoms with Gasteiger partial charge in [-0.3, -0.25) is 4.90 Å². The van der Waals surface area contributed by atoms with Gasteiger partial charge >= 0.3 is 0 Å². The molecule has 3 aromatic rings. The Balaban J connectivity index is 1.69. The van der Waals surface area contributed by atoms with Gasteiger partial charge in [-0.25, -0.2) is 0 Å². The van der Waals surface area contributed by atoms with Crippen molar-refractivity contribution in [2.24, 2.45) is 0 Å². The van der Waals surface area contributed by atoms with Gasteiger partial charge in [0.1, 0.15) is 5.75 Å². The van der Waals surface area contributed by atoms with Crippen LogP contribution in [-0.4, -0.2) is 44.4 Å². The first-order valence-electron chi connectivity index (χ1n) is 10.8. The maximum atomic E-state index is 10.9. The Morgan fingerprint density at radius 3 is 2.39 bits per heavy atom. The number of nitrogens with zero attached hydrogens (tertiary/aromatic N) is 1. The summed E-state index contributed by atoms with van der Waals surface area (Å²) >= 11 is 6.12. The fourth-order valence-corrected chi connectivity index (χ4v) is 3.92. The third-order valence-electron chi connectivity index (χ3n) is 5.42. The van der Waals surface area contributed by atoms with Crippen LogP contribution in [0.2, 0.25) is 5.02 Å². The largest absolute Gasteiger partial charge is 0.497 e. The molecule has 3 aromatic carbocycles. The molecule has 0 aromatic heterocycles. The molecule has 0 amide bonds. The zero-order chi connectivity index (χ0) is 23.6. The van der Waals surface area contributed by atoms with E-state index < -0.39 is 6.10 Å². The number of rotatable bonds is 12. The zero-order valence-electron chi connectivity index (χ0n) is 19.3. The van der Waals surface area contributed by atoms with Crippen molar-refractivity contribution in [3.05, 3.63) is 94.9 Å². The van der Waals surface area contributed by atoms with Gasteiger partial charge in [0.25, 0.3) is 0 Å². The van der Waals surface area contributed by atoms with E-state index in [1.54, 1.807) is 21.3 Å². The minimum atomic E-state index is -0.649. The molecule has 0 spiro atoms. The summed E-state index contributed by atoms with van der Waals surface area (Å²) in [6.07, 6.45) is 2.32. The lowest BCUT2D eigenvalue weighted by Gasteiger charge is -2.25. The monoisotopic (exact) mass is 468 g/mol. The Labute approximate surface area is 201 Å². The third kappa shape index (κ3) is 7.39. The minimum Gasteiger partial charge on any atom is -0.497 e. The van der Waals surface area contributed by atoms with Gasteiger partial charge in [-0.05, 0) is 65.9 Å². The average molecular weight is 469 g/mol. The van der Waals surface area contributed by atoms with E-state index in [-0.39, 0.29) is 0 Å². The van der Waals surface area contributed by atoms with Crippen molar-refractivity contribution in [2.45, 2.75) is 19.1 Å². The van der Waals surface area contributed by atoms with E-state index in [0.717, 1.165) is 28.9 Å². The number of ether oxygens (including phenoxy) is 3. The van der Waals surface area contributed by atoms with E-state index in [1.807, 2.05) is 60.7 Å². The Morgan fingerprint density at radius 1 is 0.879 bits per heavy atom. The number of aliphatic hydroxyl groups excluding tert-OH is 1. The second-order valence-electron chi connectivity index (χ2n) is 7.80. The first-order valence-corrected chi connectivity index (χ1v) is 11.2. The number of aliphatic hydroxyl groups is 1. The molecule has 0 saturated carbocycles. The van der Waals surface area contributed by atoms with Gasteiger partial charge in [-0.2, -0.15) is 0 Å². The van der Waals surface area contributed by atoms with Crippen LogP contribution in [0.4, 0.5) is 0 Å². The van der Waals surface area contributed by atoms with Gasteiger partial charge in [0.05, 0.1) is 27.4 Å². The predicted molar refractivity (Wildman–Crippen MR) is 132 cm³/mol. The Kier molecular flexibility index (Phi) is 9.43. The van der Waals surface area contributed by atoms with E-state index in [9.17, 15) is 5.11 Å². The van der Waals surface area contributed by atoms with Crippen LogP contribution in [0.25, 0.3) is 0 Å². The van der Waals surface area contributed by atoms with Gasteiger partial charge in [-0.15, -0.1) is 0 Å². The summed E-state index contributed by atoms with van der Waals surface area (Å²) in [4.78, 5) is 2.21. The zero-order valence-corrected chi connectivity index (χ0v) is 20.1. The van der Waals surface area contributed by atoms with Gasteiger partial charge in [0, 0.05) is 24.7 Å². The number of hydrogen-bond acceptors (Lipinski definition) is 5. The van der Waals surface area contributed by atoms with E-state index in [2.05, 4.69) is 17.4 Å². The SMILES string of the molecule is COc1cccc(CN(C[CH]Cc2ccc(OC)c(OC)c2)CC(O)c2cccc(Cl)c2)c1. The maximum Gasteiger partial charge on any atom is 0.160 e. The molecule has 6 heteroatoms. The second kappa shape index (κ2) is 12.5. The van der Waals surface area contributed by atoms with Crippen molar-refractivity contribution in [1.82, 2.24) is 4.90 Å². The van der Waals surface area contributed by atoms with E-state index in [0.29, 0.717) is 36.2 Å². The molecule has 0 fully saturated rings. The van der Waals surface area contributed by atoms with Crippen LogP contribution in [0.1, 0.15) is 22.8 Å². The molecule has 3 rings (SSSR count). The number of benzene rings is 3. The molecule has 0 aliphatic carbocycles. The molecule has 0 aliphatic heterocycles. The average Bonchev–Trinajstić information content (AvgIpc) is 2.83. The Bertz CT molecular complexity index is 1030.